The largest absolute Gasteiger partial charge is 0.269 e. The van der Waals surface area contributed by atoms with Crippen LogP contribution in [-0.2, 0) is 16.0 Å². The molecule has 1 heterocycles. The Labute approximate surface area is 107 Å². The summed E-state index contributed by atoms with van der Waals surface area (Å²) in [7, 11) is 0. The number of benzene rings is 1. The van der Waals surface area contributed by atoms with E-state index < -0.39 is 0 Å². The molecule has 0 N–H and O–H groups in total. The van der Waals surface area contributed by atoms with Crippen LogP contribution in [0.2, 0.25) is 0 Å². The van der Waals surface area contributed by atoms with Gasteiger partial charge < -0.3 is 0 Å². The zero-order valence-corrected chi connectivity index (χ0v) is 10.6. The van der Waals surface area contributed by atoms with Crippen molar-refractivity contribution in [2.75, 3.05) is 4.90 Å². The van der Waals surface area contributed by atoms with Gasteiger partial charge in [0.1, 0.15) is 0 Å². The Morgan fingerprint density at radius 2 is 1.56 bits per heavy atom. The van der Waals surface area contributed by atoms with E-state index in [4.69, 9.17) is 0 Å². The van der Waals surface area contributed by atoms with E-state index in [9.17, 15) is 9.59 Å². The molecule has 0 saturated carbocycles. The van der Waals surface area contributed by atoms with Crippen molar-refractivity contribution < 1.29 is 9.59 Å². The van der Waals surface area contributed by atoms with E-state index in [0.29, 0.717) is 5.69 Å². The number of hydrogen-bond acceptors (Lipinski definition) is 2. The molecule has 2 rings (SSSR count). The smallest absolute Gasteiger partial charge is 0.258 e. The molecule has 0 radical (unpaired) electrons. The Morgan fingerprint density at radius 3 is 2.11 bits per heavy atom. The highest BCUT2D eigenvalue weighted by Gasteiger charge is 2.24. The molecule has 0 aromatic heterocycles. The lowest BCUT2D eigenvalue weighted by Gasteiger charge is -2.14. The number of carbonyl (C=O) groups excluding carboxylic acids is 2. The molecule has 94 valence electrons. The van der Waals surface area contributed by atoms with E-state index in [2.05, 4.69) is 6.92 Å². The van der Waals surface area contributed by atoms with Gasteiger partial charge in [-0.1, -0.05) is 31.9 Å². The highest BCUT2D eigenvalue weighted by Crippen LogP contribution is 2.20. The van der Waals surface area contributed by atoms with Gasteiger partial charge in [-0.25, -0.2) is 4.90 Å². The van der Waals surface area contributed by atoms with Crippen molar-refractivity contribution in [1.82, 2.24) is 0 Å². The first kappa shape index (κ1) is 12.6. The molecule has 2 amide bonds. The van der Waals surface area contributed by atoms with Crippen LogP contribution in [0.15, 0.2) is 36.4 Å². The van der Waals surface area contributed by atoms with Crippen LogP contribution < -0.4 is 4.90 Å². The van der Waals surface area contributed by atoms with E-state index in [1.54, 1.807) is 0 Å². The van der Waals surface area contributed by atoms with Gasteiger partial charge in [-0.3, -0.25) is 9.59 Å². The first-order chi connectivity index (χ1) is 8.72. The number of hydrogen-bond donors (Lipinski definition) is 0. The number of carbonyl (C=O) groups is 2. The number of unbranched alkanes of at least 4 members (excludes halogenated alkanes) is 2. The first-order valence-corrected chi connectivity index (χ1v) is 6.37. The third-order valence-corrected chi connectivity index (χ3v) is 3.07. The molecule has 0 saturated heterocycles. The second-order valence-corrected chi connectivity index (χ2v) is 4.47. The lowest BCUT2D eigenvalue weighted by atomic mass is 10.1. The maximum atomic E-state index is 11.5. The van der Waals surface area contributed by atoms with Crippen molar-refractivity contribution in [3.8, 4) is 0 Å². The normalized spacial score (nSPS) is 14.6. The second kappa shape index (κ2) is 5.63. The van der Waals surface area contributed by atoms with E-state index >= 15 is 0 Å². The van der Waals surface area contributed by atoms with Gasteiger partial charge in [-0.05, 0) is 30.5 Å². The molecule has 3 heteroatoms. The molecule has 3 nitrogen and oxygen atoms in total. The third kappa shape index (κ3) is 2.67. The molecule has 18 heavy (non-hydrogen) atoms. The average Bonchev–Trinajstić information content (AvgIpc) is 2.71. The van der Waals surface area contributed by atoms with Crippen LogP contribution in [0, 0.1) is 0 Å². The summed E-state index contributed by atoms with van der Waals surface area (Å²) >= 11 is 0. The lowest BCUT2D eigenvalue weighted by molar-refractivity contribution is -0.119. The van der Waals surface area contributed by atoms with Crippen LogP contribution >= 0.6 is 0 Å². The van der Waals surface area contributed by atoms with E-state index in [0.717, 1.165) is 6.42 Å². The minimum atomic E-state index is -0.265. The van der Waals surface area contributed by atoms with Crippen molar-refractivity contribution in [3.63, 3.8) is 0 Å². The predicted molar refractivity (Wildman–Crippen MR) is 71.3 cm³/mol. The standard InChI is InChI=1S/C15H17NO2/c1-2-3-4-5-12-6-8-13(9-7-12)16-14(17)10-11-15(16)18/h6-11H,2-5H2,1H3. The van der Waals surface area contributed by atoms with Gasteiger partial charge in [-0.2, -0.15) is 0 Å². The Morgan fingerprint density at radius 1 is 0.944 bits per heavy atom. The van der Waals surface area contributed by atoms with Gasteiger partial charge >= 0.3 is 0 Å². The molecule has 1 aromatic rings. The quantitative estimate of drug-likeness (QED) is 0.589. The van der Waals surface area contributed by atoms with E-state index in [1.165, 1.54) is 41.9 Å². The fraction of sp³-hybridized carbons (Fsp3) is 0.333. The van der Waals surface area contributed by atoms with Gasteiger partial charge in [0.2, 0.25) is 0 Å². The number of aryl methyl sites for hydroxylation is 1. The zero-order chi connectivity index (χ0) is 13.0. The van der Waals surface area contributed by atoms with Crippen molar-refractivity contribution in [2.45, 2.75) is 32.6 Å². The zero-order valence-electron chi connectivity index (χ0n) is 10.6. The van der Waals surface area contributed by atoms with E-state index in [1.807, 2.05) is 24.3 Å². The lowest BCUT2D eigenvalue weighted by Crippen LogP contribution is -2.29. The Bertz CT molecular complexity index is 456. The molecule has 1 aliphatic rings. The van der Waals surface area contributed by atoms with Crippen molar-refractivity contribution in [2.24, 2.45) is 0 Å². The van der Waals surface area contributed by atoms with Gasteiger partial charge in [0, 0.05) is 12.2 Å². The summed E-state index contributed by atoms with van der Waals surface area (Å²) in [6.45, 7) is 2.18. The van der Waals surface area contributed by atoms with Gasteiger partial charge in [0.05, 0.1) is 5.69 Å². The maximum Gasteiger partial charge on any atom is 0.258 e. The van der Waals surface area contributed by atoms with Crippen molar-refractivity contribution in [3.05, 3.63) is 42.0 Å². The van der Waals surface area contributed by atoms with Crippen LogP contribution in [0.1, 0.15) is 31.7 Å². The number of amides is 2. The van der Waals surface area contributed by atoms with Crippen LogP contribution in [0.3, 0.4) is 0 Å². The molecular weight excluding hydrogens is 226 g/mol. The van der Waals surface area contributed by atoms with Gasteiger partial charge in [0.25, 0.3) is 11.8 Å². The number of imide groups is 1. The second-order valence-electron chi connectivity index (χ2n) is 4.47. The maximum absolute atomic E-state index is 11.5. The fourth-order valence-electron chi connectivity index (χ4n) is 2.05. The van der Waals surface area contributed by atoms with E-state index in [-0.39, 0.29) is 11.8 Å². The SMILES string of the molecule is CCCCCc1ccc(N2C(=O)C=CC2=O)cc1. The summed E-state index contributed by atoms with van der Waals surface area (Å²) < 4.78 is 0. The highest BCUT2D eigenvalue weighted by atomic mass is 16.2. The molecule has 1 aromatic carbocycles. The van der Waals surface area contributed by atoms with Crippen LogP contribution in [0.25, 0.3) is 0 Å². The Kier molecular flexibility index (Phi) is 3.92. The fourth-order valence-corrected chi connectivity index (χ4v) is 2.05. The molecule has 0 spiro atoms. The van der Waals surface area contributed by atoms with Crippen LogP contribution in [0.4, 0.5) is 5.69 Å². The summed E-state index contributed by atoms with van der Waals surface area (Å²) in [6, 6.07) is 7.65. The molecule has 0 unspecified atom stereocenters. The highest BCUT2D eigenvalue weighted by molar-refractivity contribution is 6.28. The number of nitrogens with zero attached hydrogens (tertiary/aromatic N) is 1. The molecule has 0 atom stereocenters. The van der Waals surface area contributed by atoms with Crippen molar-refractivity contribution >= 4 is 17.5 Å². The van der Waals surface area contributed by atoms with Crippen molar-refractivity contribution in [1.29, 1.82) is 0 Å². The summed E-state index contributed by atoms with van der Waals surface area (Å²) in [5.74, 6) is -0.530. The van der Waals surface area contributed by atoms with Gasteiger partial charge in [0.15, 0.2) is 0 Å². The summed E-state index contributed by atoms with van der Waals surface area (Å²) in [5, 5.41) is 0. The summed E-state index contributed by atoms with van der Waals surface area (Å²) in [6.07, 6.45) is 7.28. The molecule has 0 bridgehead atoms. The molecule has 0 aliphatic carbocycles. The van der Waals surface area contributed by atoms with Crippen LogP contribution in [0.5, 0.6) is 0 Å². The minimum Gasteiger partial charge on any atom is -0.269 e. The Balaban J connectivity index is 2.04. The topological polar surface area (TPSA) is 37.4 Å². The summed E-state index contributed by atoms with van der Waals surface area (Å²) in [4.78, 5) is 24.2. The average molecular weight is 243 g/mol. The number of anilines is 1. The molecular formula is C15H17NO2. The number of rotatable bonds is 5. The minimum absolute atomic E-state index is 0.265. The first-order valence-electron chi connectivity index (χ1n) is 6.37. The third-order valence-electron chi connectivity index (χ3n) is 3.07. The van der Waals surface area contributed by atoms with Crippen LogP contribution in [-0.4, -0.2) is 11.8 Å². The molecule has 0 fully saturated rings. The van der Waals surface area contributed by atoms with Gasteiger partial charge in [-0.15, -0.1) is 0 Å². The summed E-state index contributed by atoms with van der Waals surface area (Å²) in [5.41, 5.74) is 1.90. The molecule has 1 aliphatic heterocycles. The Hall–Kier alpha value is -1.90. The predicted octanol–water partition coefficient (Wildman–Crippen LogP) is 2.85. The monoisotopic (exact) mass is 243 g/mol.